The molecular formula is C16H11ClN2O6S3. The van der Waals surface area contributed by atoms with Crippen molar-refractivity contribution in [2.24, 2.45) is 0 Å². The lowest BCUT2D eigenvalue weighted by molar-refractivity contribution is 0.171. The number of aromatic nitrogens is 1. The molecule has 0 atom stereocenters. The number of phenols is 1. The summed E-state index contributed by atoms with van der Waals surface area (Å²) in [6, 6.07) is 4.48. The number of aromatic hydroxyl groups is 1. The molecule has 0 bridgehead atoms. The highest BCUT2D eigenvalue weighted by molar-refractivity contribution is 7.94. The molecule has 0 fully saturated rings. The Labute approximate surface area is 171 Å². The van der Waals surface area contributed by atoms with E-state index in [2.05, 4.69) is 4.72 Å². The fourth-order valence-corrected chi connectivity index (χ4v) is 5.42. The minimum absolute atomic E-state index is 0.00907. The van der Waals surface area contributed by atoms with Crippen LogP contribution in [0.2, 0.25) is 5.15 Å². The van der Waals surface area contributed by atoms with Gasteiger partial charge in [0.15, 0.2) is 11.5 Å². The highest BCUT2D eigenvalue weighted by Crippen LogP contribution is 2.48. The van der Waals surface area contributed by atoms with Gasteiger partial charge in [0.1, 0.15) is 9.36 Å². The maximum absolute atomic E-state index is 12.6. The second-order valence-corrected chi connectivity index (χ2v) is 9.54. The highest BCUT2D eigenvalue weighted by Gasteiger charge is 2.27. The normalized spacial score (nSPS) is 13.3. The Morgan fingerprint density at radius 2 is 2.07 bits per heavy atom. The zero-order chi connectivity index (χ0) is 19.9. The van der Waals surface area contributed by atoms with Gasteiger partial charge in [-0.15, -0.1) is 11.3 Å². The van der Waals surface area contributed by atoms with Crippen molar-refractivity contribution in [3.63, 3.8) is 0 Å². The van der Waals surface area contributed by atoms with Gasteiger partial charge in [0.25, 0.3) is 10.0 Å². The molecule has 0 amide bonds. The molecule has 146 valence electrons. The quantitative estimate of drug-likeness (QED) is 0.567. The van der Waals surface area contributed by atoms with Crippen LogP contribution in [0.25, 0.3) is 12.3 Å². The van der Waals surface area contributed by atoms with Crippen molar-refractivity contribution in [3.05, 3.63) is 49.3 Å². The van der Waals surface area contributed by atoms with E-state index in [4.69, 9.17) is 21.1 Å². The van der Waals surface area contributed by atoms with Crippen LogP contribution in [0, 0.1) is 0 Å². The molecule has 28 heavy (non-hydrogen) atoms. The first-order chi connectivity index (χ1) is 13.4. The maximum Gasteiger partial charge on any atom is 0.312 e. The second kappa shape index (κ2) is 7.17. The van der Waals surface area contributed by atoms with Crippen molar-refractivity contribution in [2.45, 2.75) is 4.21 Å². The molecule has 8 nitrogen and oxygen atoms in total. The van der Waals surface area contributed by atoms with E-state index in [0.717, 1.165) is 22.7 Å². The Kier molecular flexibility index (Phi) is 4.83. The van der Waals surface area contributed by atoms with Crippen molar-refractivity contribution < 1.29 is 23.0 Å². The molecule has 1 aromatic carbocycles. The molecule has 12 heteroatoms. The predicted octanol–water partition coefficient (Wildman–Crippen LogP) is 3.49. The number of ether oxygens (including phenoxy) is 2. The summed E-state index contributed by atoms with van der Waals surface area (Å²) in [5, 5.41) is 13.8. The van der Waals surface area contributed by atoms with Crippen LogP contribution in [-0.2, 0) is 10.0 Å². The van der Waals surface area contributed by atoms with Gasteiger partial charge in [0.05, 0.1) is 5.69 Å². The van der Waals surface area contributed by atoms with Crippen LogP contribution in [-0.4, -0.2) is 24.9 Å². The molecule has 4 rings (SSSR count). The lowest BCUT2D eigenvalue weighted by Gasteiger charge is -2.12. The number of hydrogen-bond donors (Lipinski definition) is 2. The maximum atomic E-state index is 12.6. The number of nitrogens with zero attached hydrogens (tertiary/aromatic N) is 1. The molecule has 1 aliphatic heterocycles. The Balaban J connectivity index is 1.77. The van der Waals surface area contributed by atoms with Gasteiger partial charge in [0, 0.05) is 17.1 Å². The van der Waals surface area contributed by atoms with Gasteiger partial charge in [-0.05, 0) is 23.6 Å². The van der Waals surface area contributed by atoms with Crippen LogP contribution >= 0.6 is 34.3 Å². The second-order valence-electron chi connectivity index (χ2n) is 5.47. The number of halogens is 1. The number of phenolic OH excluding ortho intramolecular Hbond substituents is 1. The fourth-order valence-electron chi connectivity index (χ4n) is 2.48. The van der Waals surface area contributed by atoms with Crippen LogP contribution in [0.4, 0.5) is 5.69 Å². The van der Waals surface area contributed by atoms with E-state index in [1.807, 2.05) is 0 Å². The molecule has 3 aromatic rings. The van der Waals surface area contributed by atoms with Gasteiger partial charge in [-0.3, -0.25) is 14.1 Å². The number of anilines is 1. The molecule has 0 unspecified atom stereocenters. The van der Waals surface area contributed by atoms with Crippen molar-refractivity contribution in [1.29, 1.82) is 0 Å². The third kappa shape index (κ3) is 3.37. The fraction of sp³-hybridized carbons (Fsp3) is 0.0625. The largest absolute Gasteiger partial charge is 0.504 e. The zero-order valence-corrected chi connectivity index (χ0v) is 17.0. The van der Waals surface area contributed by atoms with Gasteiger partial charge in [-0.2, -0.15) is 0 Å². The first kappa shape index (κ1) is 18.9. The Morgan fingerprint density at radius 3 is 2.75 bits per heavy atom. The third-order valence-corrected chi connectivity index (χ3v) is 7.66. The molecule has 2 aromatic heterocycles. The number of hydrogen-bond acceptors (Lipinski definition) is 8. The van der Waals surface area contributed by atoms with E-state index in [9.17, 15) is 18.3 Å². The predicted molar refractivity (Wildman–Crippen MR) is 108 cm³/mol. The molecule has 1 aliphatic rings. The van der Waals surface area contributed by atoms with Crippen LogP contribution in [0.5, 0.6) is 17.2 Å². The van der Waals surface area contributed by atoms with Crippen molar-refractivity contribution >= 4 is 62.3 Å². The van der Waals surface area contributed by atoms with E-state index in [1.54, 1.807) is 11.4 Å². The summed E-state index contributed by atoms with van der Waals surface area (Å²) in [5.41, 5.74) is 0.310. The van der Waals surface area contributed by atoms with Crippen LogP contribution < -0.4 is 19.1 Å². The average molecular weight is 459 g/mol. The number of fused-ring (bicyclic) bond motifs is 1. The summed E-state index contributed by atoms with van der Waals surface area (Å²) < 4.78 is 39.4. The lowest BCUT2D eigenvalue weighted by atomic mass is 10.1. The minimum atomic E-state index is -3.84. The SMILES string of the molecule is O=c1scc(Cl)n1/C=C/c1cc(NS(=O)(=O)c2cccs2)c2c(c1O)OCO2. The number of rotatable bonds is 5. The van der Waals surface area contributed by atoms with E-state index in [0.29, 0.717) is 0 Å². The molecule has 0 spiro atoms. The summed E-state index contributed by atoms with van der Waals surface area (Å²) in [4.78, 5) is 11.5. The number of benzene rings is 1. The van der Waals surface area contributed by atoms with Crippen LogP contribution in [0.15, 0.2) is 38.0 Å². The van der Waals surface area contributed by atoms with E-state index in [-0.39, 0.29) is 49.5 Å². The standard InChI is InChI=1S/C16H11ClN2O6S3/c17-11-7-27-16(21)19(11)4-3-9-6-10(14-15(13(9)20)25-8-24-14)18-28(22,23)12-2-1-5-26-12/h1-7,18,20H,8H2/b4-3+. The molecular weight excluding hydrogens is 448 g/mol. The average Bonchev–Trinajstić information content (AvgIpc) is 3.39. The van der Waals surface area contributed by atoms with Crippen molar-refractivity contribution in [2.75, 3.05) is 11.5 Å². The van der Waals surface area contributed by atoms with E-state index in [1.165, 1.54) is 34.4 Å². The Hall–Kier alpha value is -2.47. The third-order valence-electron chi connectivity index (χ3n) is 3.74. The number of sulfonamides is 1. The molecule has 0 saturated carbocycles. The summed E-state index contributed by atoms with van der Waals surface area (Å²) in [6.07, 6.45) is 2.79. The minimum Gasteiger partial charge on any atom is -0.504 e. The summed E-state index contributed by atoms with van der Waals surface area (Å²) in [5.74, 6) is -0.155. The zero-order valence-electron chi connectivity index (χ0n) is 13.8. The van der Waals surface area contributed by atoms with Crippen LogP contribution in [0.3, 0.4) is 0 Å². The topological polar surface area (TPSA) is 107 Å². The molecule has 0 saturated heterocycles. The van der Waals surface area contributed by atoms with Gasteiger partial charge in [0.2, 0.25) is 12.5 Å². The van der Waals surface area contributed by atoms with E-state index >= 15 is 0 Å². The summed E-state index contributed by atoms with van der Waals surface area (Å²) >= 11 is 7.94. The molecule has 3 heterocycles. The number of thiazole rings is 1. The van der Waals surface area contributed by atoms with Gasteiger partial charge >= 0.3 is 4.87 Å². The monoisotopic (exact) mass is 458 g/mol. The first-order valence-corrected chi connectivity index (χ1v) is 11.2. The van der Waals surface area contributed by atoms with E-state index < -0.39 is 10.0 Å². The molecule has 0 aliphatic carbocycles. The molecule has 0 radical (unpaired) electrons. The smallest absolute Gasteiger partial charge is 0.312 e. The Morgan fingerprint density at radius 1 is 1.29 bits per heavy atom. The first-order valence-electron chi connectivity index (χ1n) is 7.62. The highest BCUT2D eigenvalue weighted by atomic mass is 35.5. The van der Waals surface area contributed by atoms with Crippen LogP contribution in [0.1, 0.15) is 5.56 Å². The summed E-state index contributed by atoms with van der Waals surface area (Å²) in [6.45, 7) is -0.167. The van der Waals surface area contributed by atoms with Gasteiger partial charge in [-0.1, -0.05) is 29.0 Å². The van der Waals surface area contributed by atoms with Crippen molar-refractivity contribution in [3.8, 4) is 17.2 Å². The summed E-state index contributed by atoms with van der Waals surface area (Å²) in [7, 11) is -3.84. The number of thiophene rings is 1. The molecule has 2 N–H and O–H groups in total. The Bertz CT molecular complexity index is 1230. The lowest BCUT2D eigenvalue weighted by Crippen LogP contribution is -2.12. The van der Waals surface area contributed by atoms with Crippen molar-refractivity contribution in [1.82, 2.24) is 4.57 Å². The number of nitrogens with one attached hydrogen (secondary N) is 1. The van der Waals surface area contributed by atoms with Gasteiger partial charge < -0.3 is 14.6 Å². The van der Waals surface area contributed by atoms with Gasteiger partial charge in [-0.25, -0.2) is 8.42 Å².